The number of rotatable bonds is 12. The Morgan fingerprint density at radius 1 is 0.707 bits per heavy atom. The van der Waals surface area contributed by atoms with Crippen molar-refractivity contribution >= 4 is 11.5 Å². The molecule has 214 valence electrons. The molecule has 1 atom stereocenters. The van der Waals surface area contributed by atoms with Gasteiger partial charge in [0, 0.05) is 37.2 Å². The number of Topliss-reactive ketones (excluding diaryl/α,β-unsaturated/α-hetero) is 1. The number of aryl methyl sites for hydroxylation is 4. The number of nitrogens with zero attached hydrogens (tertiary/aromatic N) is 1. The van der Waals surface area contributed by atoms with Crippen molar-refractivity contribution in [1.29, 1.82) is 0 Å². The fourth-order valence-electron chi connectivity index (χ4n) is 5.97. The second kappa shape index (κ2) is 13.3. The van der Waals surface area contributed by atoms with Crippen LogP contribution in [0.1, 0.15) is 81.6 Å². The molecule has 0 fully saturated rings. The molecule has 1 unspecified atom stereocenters. The fraction of sp³-hybridized carbons (Fsp3) is 0.342. The third kappa shape index (κ3) is 7.15. The van der Waals surface area contributed by atoms with Gasteiger partial charge in [0.2, 0.25) is 0 Å². The second-order valence-electron chi connectivity index (χ2n) is 11.6. The summed E-state index contributed by atoms with van der Waals surface area (Å²) in [5.41, 5.74) is 9.02. The highest BCUT2D eigenvalue weighted by Crippen LogP contribution is 2.36. The van der Waals surface area contributed by atoms with E-state index in [1.807, 2.05) is 38.1 Å². The van der Waals surface area contributed by atoms with Gasteiger partial charge < -0.3 is 10.0 Å². The minimum atomic E-state index is -1.19. The summed E-state index contributed by atoms with van der Waals surface area (Å²) in [7, 11) is 0. The first-order valence-corrected chi connectivity index (χ1v) is 15.0. The number of benzene rings is 4. The number of ketones is 1. The van der Waals surface area contributed by atoms with Gasteiger partial charge in [0.25, 0.3) is 0 Å². The van der Waals surface area contributed by atoms with E-state index in [4.69, 9.17) is 0 Å². The Morgan fingerprint density at radius 2 is 1.27 bits per heavy atom. The van der Waals surface area contributed by atoms with Crippen LogP contribution in [0.15, 0.2) is 84.9 Å². The van der Waals surface area contributed by atoms with Crippen LogP contribution in [-0.2, 0) is 18.4 Å². The lowest BCUT2D eigenvalue weighted by molar-refractivity contribution is 0.0804. The number of anilines is 1. The van der Waals surface area contributed by atoms with Gasteiger partial charge in [0.1, 0.15) is 5.60 Å². The van der Waals surface area contributed by atoms with Crippen LogP contribution in [0.5, 0.6) is 0 Å². The highest BCUT2D eigenvalue weighted by molar-refractivity contribution is 5.98. The molecular formula is C38H45NO2. The lowest BCUT2D eigenvalue weighted by Gasteiger charge is -2.32. The summed E-state index contributed by atoms with van der Waals surface area (Å²) < 4.78 is 0. The van der Waals surface area contributed by atoms with Gasteiger partial charge in [-0.2, -0.15) is 0 Å². The molecule has 1 N–H and O–H groups in total. The molecule has 0 aliphatic heterocycles. The van der Waals surface area contributed by atoms with Crippen molar-refractivity contribution in [1.82, 2.24) is 0 Å². The minimum absolute atomic E-state index is 0.127. The molecule has 3 nitrogen and oxygen atoms in total. The molecule has 4 rings (SSSR count). The second-order valence-corrected chi connectivity index (χ2v) is 11.6. The quantitative estimate of drug-likeness (QED) is 0.181. The van der Waals surface area contributed by atoms with Gasteiger partial charge in [-0.3, -0.25) is 4.79 Å². The Morgan fingerprint density at radius 3 is 1.83 bits per heavy atom. The lowest BCUT2D eigenvalue weighted by atomic mass is 9.79. The molecule has 0 bridgehead atoms. The number of carbonyl (C=O) groups excluding carboxylic acids is 1. The largest absolute Gasteiger partial charge is 0.380 e. The maximum Gasteiger partial charge on any atom is 0.167 e. The third-order valence-corrected chi connectivity index (χ3v) is 8.05. The van der Waals surface area contributed by atoms with Gasteiger partial charge in [0.15, 0.2) is 5.78 Å². The van der Waals surface area contributed by atoms with E-state index in [0.717, 1.165) is 70.4 Å². The zero-order valence-electron chi connectivity index (χ0n) is 25.6. The van der Waals surface area contributed by atoms with Crippen LogP contribution in [-0.4, -0.2) is 24.0 Å². The first-order valence-electron chi connectivity index (χ1n) is 15.0. The number of hydrogen-bond donors (Lipinski definition) is 1. The van der Waals surface area contributed by atoms with Crippen LogP contribution in [0.3, 0.4) is 0 Å². The molecule has 4 aromatic rings. The number of hydrogen-bond acceptors (Lipinski definition) is 3. The molecule has 3 heteroatoms. The average Bonchev–Trinajstić information content (AvgIpc) is 2.94. The molecule has 0 heterocycles. The van der Waals surface area contributed by atoms with Crippen molar-refractivity contribution in [3.05, 3.63) is 135 Å². The van der Waals surface area contributed by atoms with E-state index in [1.54, 1.807) is 0 Å². The highest BCUT2D eigenvalue weighted by atomic mass is 16.3. The van der Waals surface area contributed by atoms with Crippen molar-refractivity contribution < 1.29 is 9.90 Å². The Hall–Kier alpha value is -3.69. The topological polar surface area (TPSA) is 40.5 Å². The van der Waals surface area contributed by atoms with E-state index >= 15 is 0 Å². The van der Waals surface area contributed by atoms with Gasteiger partial charge in [-0.15, -0.1) is 0 Å². The molecule has 0 saturated carbocycles. The average molecular weight is 548 g/mol. The Labute approximate surface area is 246 Å². The monoisotopic (exact) mass is 547 g/mol. The first-order chi connectivity index (χ1) is 19.6. The Balaban J connectivity index is 1.62. The van der Waals surface area contributed by atoms with E-state index in [2.05, 4.69) is 93.3 Å². The maximum atomic E-state index is 13.0. The van der Waals surface area contributed by atoms with Gasteiger partial charge in [-0.1, -0.05) is 97.8 Å². The minimum Gasteiger partial charge on any atom is -0.380 e. The molecule has 0 aliphatic carbocycles. The van der Waals surface area contributed by atoms with E-state index in [-0.39, 0.29) is 5.78 Å². The van der Waals surface area contributed by atoms with Crippen LogP contribution < -0.4 is 4.90 Å². The normalized spacial score (nSPS) is 12.7. The van der Waals surface area contributed by atoms with E-state index in [0.29, 0.717) is 12.8 Å². The summed E-state index contributed by atoms with van der Waals surface area (Å²) in [6.07, 6.45) is 3.00. The molecule has 0 saturated heterocycles. The lowest BCUT2D eigenvalue weighted by Crippen LogP contribution is -2.31. The predicted molar refractivity (Wildman–Crippen MR) is 172 cm³/mol. The predicted octanol–water partition coefficient (Wildman–Crippen LogP) is 8.45. The number of carbonyl (C=O) groups is 1. The summed E-state index contributed by atoms with van der Waals surface area (Å²) in [6.45, 7) is 14.7. The molecule has 4 aromatic carbocycles. The summed E-state index contributed by atoms with van der Waals surface area (Å²) in [5, 5.41) is 12.5. The molecule has 0 spiro atoms. The summed E-state index contributed by atoms with van der Waals surface area (Å²) in [6, 6.07) is 28.9. The third-order valence-electron chi connectivity index (χ3n) is 8.05. The molecule has 0 aliphatic rings. The van der Waals surface area contributed by atoms with Crippen LogP contribution in [0.25, 0.3) is 0 Å². The van der Waals surface area contributed by atoms with Crippen LogP contribution in [0.4, 0.5) is 5.69 Å². The van der Waals surface area contributed by atoms with Gasteiger partial charge >= 0.3 is 0 Å². The number of aliphatic hydroxyl groups is 1. The molecule has 0 aromatic heterocycles. The van der Waals surface area contributed by atoms with Crippen molar-refractivity contribution in [2.75, 3.05) is 18.0 Å². The van der Waals surface area contributed by atoms with Gasteiger partial charge in [-0.05, 0) is 86.1 Å². The van der Waals surface area contributed by atoms with Crippen molar-refractivity contribution in [3.63, 3.8) is 0 Å². The van der Waals surface area contributed by atoms with E-state index < -0.39 is 5.60 Å². The highest BCUT2D eigenvalue weighted by Gasteiger charge is 2.33. The summed E-state index contributed by atoms with van der Waals surface area (Å²) in [4.78, 5) is 15.4. The van der Waals surface area contributed by atoms with Crippen molar-refractivity contribution in [2.24, 2.45) is 0 Å². The van der Waals surface area contributed by atoms with Crippen LogP contribution in [0, 0.1) is 27.7 Å². The van der Waals surface area contributed by atoms with Crippen molar-refractivity contribution in [2.45, 2.75) is 72.8 Å². The molecule has 0 amide bonds. The molecule has 0 radical (unpaired) electrons. The SMILES string of the molecule is CCCN(CCC)c1ccc(C(O)(Cc2ccc(CC(=O)c3ccc(C)cc3C)cc2)c2ccc(C)cc2C)cc1. The fourth-order valence-corrected chi connectivity index (χ4v) is 5.97. The first kappa shape index (κ1) is 30.3. The van der Waals surface area contributed by atoms with E-state index in [9.17, 15) is 9.90 Å². The zero-order valence-corrected chi connectivity index (χ0v) is 25.6. The van der Waals surface area contributed by atoms with Crippen LogP contribution >= 0.6 is 0 Å². The Bertz CT molecular complexity index is 1460. The smallest absolute Gasteiger partial charge is 0.167 e. The molecular weight excluding hydrogens is 502 g/mol. The Kier molecular flexibility index (Phi) is 9.83. The maximum absolute atomic E-state index is 13.0. The summed E-state index contributed by atoms with van der Waals surface area (Å²) >= 11 is 0. The van der Waals surface area contributed by atoms with Gasteiger partial charge in [0.05, 0.1) is 0 Å². The van der Waals surface area contributed by atoms with Gasteiger partial charge in [-0.25, -0.2) is 0 Å². The van der Waals surface area contributed by atoms with Crippen LogP contribution in [0.2, 0.25) is 0 Å². The standard InChI is InChI=1S/C38H45NO2/c1-7-21-39(22-8-2)34-17-15-33(16-18-34)38(41,36-20-10-28(4)24-30(36)6)26-32-13-11-31(12-14-32)25-37(40)35-19-9-27(3)23-29(35)5/h9-20,23-24,41H,7-8,21-22,25-26H2,1-6H3. The molecule has 41 heavy (non-hydrogen) atoms. The summed E-state index contributed by atoms with van der Waals surface area (Å²) in [5.74, 6) is 0.127. The van der Waals surface area contributed by atoms with Crippen molar-refractivity contribution in [3.8, 4) is 0 Å². The van der Waals surface area contributed by atoms with E-state index in [1.165, 1.54) is 11.3 Å². The zero-order chi connectivity index (χ0) is 29.6.